The lowest BCUT2D eigenvalue weighted by Crippen LogP contribution is -2.19. The van der Waals surface area contributed by atoms with Crippen LogP contribution >= 0.6 is 0 Å². The first-order chi connectivity index (χ1) is 7.70. The third-order valence-corrected chi connectivity index (χ3v) is 2.65. The van der Waals surface area contributed by atoms with Gasteiger partial charge in [0, 0.05) is 18.7 Å². The molecule has 3 nitrogen and oxygen atoms in total. The highest BCUT2D eigenvalue weighted by Gasteiger charge is 2.17. The molecule has 0 saturated carbocycles. The summed E-state index contributed by atoms with van der Waals surface area (Å²) in [5.74, 6) is -0.246. The molecule has 4 heteroatoms. The predicted molar refractivity (Wildman–Crippen MR) is 62.1 cm³/mol. The lowest BCUT2D eigenvalue weighted by atomic mass is 10.0. The van der Waals surface area contributed by atoms with E-state index in [2.05, 4.69) is 10.6 Å². The number of hydrogen-bond donors (Lipinski definition) is 2. The molecule has 1 heterocycles. The summed E-state index contributed by atoms with van der Waals surface area (Å²) in [5, 5.41) is 5.76. The minimum absolute atomic E-state index is 0.000509. The zero-order valence-electron chi connectivity index (χ0n) is 9.27. The maximum atomic E-state index is 13.6. The first-order valence-corrected chi connectivity index (χ1v) is 5.57. The average molecular weight is 222 g/mol. The number of fused-ring (bicyclic) bond motifs is 1. The Hall–Kier alpha value is -1.58. The van der Waals surface area contributed by atoms with E-state index in [1.54, 1.807) is 6.07 Å². The molecule has 2 rings (SSSR count). The molecule has 0 radical (unpaired) electrons. The Morgan fingerprint density at radius 1 is 1.44 bits per heavy atom. The second kappa shape index (κ2) is 4.51. The van der Waals surface area contributed by atoms with Gasteiger partial charge in [-0.15, -0.1) is 0 Å². The summed E-state index contributed by atoms with van der Waals surface area (Å²) in [6, 6.07) is 3.18. The molecule has 1 aliphatic heterocycles. The summed E-state index contributed by atoms with van der Waals surface area (Å²) in [7, 11) is 0. The van der Waals surface area contributed by atoms with E-state index in [-0.39, 0.29) is 11.7 Å². The predicted octanol–water partition coefficient (Wildman–Crippen LogP) is 2.53. The lowest BCUT2D eigenvalue weighted by molar-refractivity contribution is -0.116. The van der Waals surface area contributed by atoms with Gasteiger partial charge in [-0.1, -0.05) is 6.92 Å². The molecule has 0 spiro atoms. The highest BCUT2D eigenvalue weighted by atomic mass is 19.1. The first-order valence-electron chi connectivity index (χ1n) is 5.57. The van der Waals surface area contributed by atoms with Crippen molar-refractivity contribution < 1.29 is 9.18 Å². The number of hydrogen-bond acceptors (Lipinski definition) is 2. The topological polar surface area (TPSA) is 41.1 Å². The highest BCUT2D eigenvalue weighted by Crippen LogP contribution is 2.28. The quantitative estimate of drug-likeness (QED) is 0.825. The van der Waals surface area contributed by atoms with Gasteiger partial charge >= 0.3 is 0 Å². The average Bonchev–Trinajstić information content (AvgIpc) is 2.27. The monoisotopic (exact) mass is 222 g/mol. The van der Waals surface area contributed by atoms with Crippen LogP contribution < -0.4 is 10.6 Å². The highest BCUT2D eigenvalue weighted by molar-refractivity contribution is 5.94. The summed E-state index contributed by atoms with van der Waals surface area (Å²) in [6.45, 7) is 2.74. The second-order valence-corrected chi connectivity index (χ2v) is 3.96. The number of aryl methyl sites for hydroxylation is 1. The molecule has 0 saturated heterocycles. The largest absolute Gasteiger partial charge is 0.383 e. The Labute approximate surface area is 94.0 Å². The maximum Gasteiger partial charge on any atom is 0.224 e. The van der Waals surface area contributed by atoms with Crippen molar-refractivity contribution in [2.24, 2.45) is 0 Å². The van der Waals surface area contributed by atoms with Gasteiger partial charge in [0.1, 0.15) is 5.82 Å². The van der Waals surface area contributed by atoms with Crippen molar-refractivity contribution in [1.82, 2.24) is 0 Å². The smallest absolute Gasteiger partial charge is 0.224 e. The van der Waals surface area contributed by atoms with Crippen molar-refractivity contribution in [3.8, 4) is 0 Å². The van der Waals surface area contributed by atoms with Crippen LogP contribution in [0.25, 0.3) is 0 Å². The lowest BCUT2D eigenvalue weighted by Gasteiger charge is -2.18. The third kappa shape index (κ3) is 2.15. The molecule has 16 heavy (non-hydrogen) atoms. The third-order valence-electron chi connectivity index (χ3n) is 2.65. The van der Waals surface area contributed by atoms with Gasteiger partial charge in [-0.05, 0) is 30.5 Å². The van der Waals surface area contributed by atoms with E-state index in [1.807, 2.05) is 6.92 Å². The fourth-order valence-electron chi connectivity index (χ4n) is 1.79. The van der Waals surface area contributed by atoms with Gasteiger partial charge in [0.15, 0.2) is 0 Å². The maximum absolute atomic E-state index is 13.6. The standard InChI is InChI=1S/C12H15FN2O/c1-2-5-14-11-7-10-8(6-9(11)13)3-4-12(16)15-10/h6-7,14H,2-5H2,1H3,(H,15,16). The van der Waals surface area contributed by atoms with Crippen molar-refractivity contribution in [3.63, 3.8) is 0 Å². The van der Waals surface area contributed by atoms with Crippen LogP contribution in [0.2, 0.25) is 0 Å². The molecule has 0 bridgehead atoms. The van der Waals surface area contributed by atoms with E-state index < -0.39 is 0 Å². The Bertz CT molecular complexity index is 418. The Kier molecular flexibility index (Phi) is 3.08. The minimum atomic E-state index is -0.247. The Balaban J connectivity index is 2.27. The normalized spacial score (nSPS) is 14.2. The van der Waals surface area contributed by atoms with Crippen LogP contribution in [0, 0.1) is 5.82 Å². The first kappa shape index (κ1) is 10.9. The minimum Gasteiger partial charge on any atom is -0.383 e. The number of rotatable bonds is 3. The van der Waals surface area contributed by atoms with E-state index in [1.165, 1.54) is 6.07 Å². The molecule has 1 amide bonds. The van der Waals surface area contributed by atoms with Gasteiger partial charge in [-0.3, -0.25) is 4.79 Å². The summed E-state index contributed by atoms with van der Waals surface area (Å²) in [6.07, 6.45) is 1.99. The van der Waals surface area contributed by atoms with Crippen LogP contribution in [0.1, 0.15) is 25.3 Å². The zero-order chi connectivity index (χ0) is 11.5. The van der Waals surface area contributed by atoms with Crippen molar-refractivity contribution in [2.45, 2.75) is 26.2 Å². The van der Waals surface area contributed by atoms with E-state index in [4.69, 9.17) is 0 Å². The van der Waals surface area contributed by atoms with Gasteiger partial charge in [-0.2, -0.15) is 0 Å². The van der Waals surface area contributed by atoms with Crippen LogP contribution in [0.5, 0.6) is 0 Å². The van der Waals surface area contributed by atoms with Crippen LogP contribution in [0.4, 0.5) is 15.8 Å². The molecule has 0 atom stereocenters. The summed E-state index contributed by atoms with van der Waals surface area (Å²) >= 11 is 0. The van der Waals surface area contributed by atoms with E-state index in [0.29, 0.717) is 18.5 Å². The number of amides is 1. The fourth-order valence-corrected chi connectivity index (χ4v) is 1.79. The summed E-state index contributed by atoms with van der Waals surface area (Å²) in [5.41, 5.74) is 2.07. The van der Waals surface area contributed by atoms with Crippen LogP contribution in [0.3, 0.4) is 0 Å². The van der Waals surface area contributed by atoms with E-state index in [9.17, 15) is 9.18 Å². The van der Waals surface area contributed by atoms with Crippen molar-refractivity contribution in [2.75, 3.05) is 17.2 Å². The van der Waals surface area contributed by atoms with Crippen molar-refractivity contribution in [3.05, 3.63) is 23.5 Å². The van der Waals surface area contributed by atoms with Crippen LogP contribution in [0.15, 0.2) is 12.1 Å². The number of carbonyl (C=O) groups excluding carboxylic acids is 1. The molecule has 0 unspecified atom stereocenters. The molecule has 1 aromatic rings. The Morgan fingerprint density at radius 2 is 2.25 bits per heavy atom. The van der Waals surface area contributed by atoms with E-state index >= 15 is 0 Å². The molecular weight excluding hydrogens is 207 g/mol. The number of benzene rings is 1. The molecule has 2 N–H and O–H groups in total. The molecule has 0 aliphatic carbocycles. The van der Waals surface area contributed by atoms with Gasteiger partial charge in [-0.25, -0.2) is 4.39 Å². The van der Waals surface area contributed by atoms with E-state index in [0.717, 1.165) is 24.2 Å². The molecule has 1 aliphatic rings. The molecular formula is C12H15FN2O. The van der Waals surface area contributed by atoms with Crippen molar-refractivity contribution >= 4 is 17.3 Å². The van der Waals surface area contributed by atoms with Crippen molar-refractivity contribution in [1.29, 1.82) is 0 Å². The zero-order valence-corrected chi connectivity index (χ0v) is 9.27. The Morgan fingerprint density at radius 3 is 3.00 bits per heavy atom. The summed E-state index contributed by atoms with van der Waals surface area (Å²) in [4.78, 5) is 11.2. The van der Waals surface area contributed by atoms with Gasteiger partial charge in [0.05, 0.1) is 5.69 Å². The molecule has 0 aromatic heterocycles. The van der Waals surface area contributed by atoms with Crippen LogP contribution in [-0.2, 0) is 11.2 Å². The van der Waals surface area contributed by atoms with Gasteiger partial charge < -0.3 is 10.6 Å². The second-order valence-electron chi connectivity index (χ2n) is 3.96. The number of halogens is 1. The number of nitrogens with one attached hydrogen (secondary N) is 2. The van der Waals surface area contributed by atoms with Gasteiger partial charge in [0.2, 0.25) is 5.91 Å². The fraction of sp³-hybridized carbons (Fsp3) is 0.417. The van der Waals surface area contributed by atoms with Crippen LogP contribution in [-0.4, -0.2) is 12.5 Å². The SMILES string of the molecule is CCCNc1cc2c(cc1F)CCC(=O)N2. The number of anilines is 2. The number of carbonyl (C=O) groups is 1. The molecule has 86 valence electrons. The van der Waals surface area contributed by atoms with Gasteiger partial charge in [0.25, 0.3) is 0 Å². The molecule has 1 aromatic carbocycles. The summed E-state index contributed by atoms with van der Waals surface area (Å²) < 4.78 is 13.6. The molecule has 0 fully saturated rings.